The van der Waals surface area contributed by atoms with Gasteiger partial charge >= 0.3 is 0 Å². The Labute approximate surface area is 199 Å². The van der Waals surface area contributed by atoms with Crippen LogP contribution >= 0.6 is 24.0 Å². The molecule has 0 spiro atoms. The molecule has 8 heteroatoms. The lowest BCUT2D eigenvalue weighted by atomic mass is 10.1. The van der Waals surface area contributed by atoms with Crippen molar-refractivity contribution in [3.05, 3.63) is 29.3 Å². The predicted octanol–water partition coefficient (Wildman–Crippen LogP) is 2.80. The van der Waals surface area contributed by atoms with Gasteiger partial charge < -0.3 is 29.7 Å². The smallest absolute Gasteiger partial charge is 0.191 e. The molecule has 0 aromatic heterocycles. The van der Waals surface area contributed by atoms with E-state index in [1.165, 1.54) is 5.56 Å². The number of hydrogen-bond donors (Lipinski definition) is 2. The van der Waals surface area contributed by atoms with Gasteiger partial charge in [0.05, 0.1) is 19.3 Å². The van der Waals surface area contributed by atoms with Gasteiger partial charge in [-0.1, -0.05) is 12.1 Å². The number of guanidine groups is 1. The second-order valence-corrected chi connectivity index (χ2v) is 7.69. The summed E-state index contributed by atoms with van der Waals surface area (Å²) in [6.45, 7) is 8.61. The Morgan fingerprint density at radius 1 is 1.33 bits per heavy atom. The molecule has 2 rings (SSSR count). The van der Waals surface area contributed by atoms with E-state index >= 15 is 0 Å². The molecular formula is C22H39IN4O3. The molecule has 0 bridgehead atoms. The Hall–Kier alpha value is -1.10. The topological polar surface area (TPSA) is 67.4 Å². The lowest BCUT2D eigenvalue weighted by molar-refractivity contribution is 0.0548. The van der Waals surface area contributed by atoms with Gasteiger partial charge in [-0.3, -0.25) is 4.99 Å². The van der Waals surface area contributed by atoms with Crippen molar-refractivity contribution in [2.24, 2.45) is 4.99 Å². The standard InChI is InChI=1S/C22H38N4O3.HI/c1-6-28-19(9-11-26(4)5)15-25-22(23-3)24-14-18-8-7-17(2)13-21(18)29-20-10-12-27-16-20;/h7-8,13,19-20H,6,9-12,14-16H2,1-5H3,(H2,23,24,25);1H. The molecule has 2 unspecified atom stereocenters. The molecule has 0 aliphatic carbocycles. The summed E-state index contributed by atoms with van der Waals surface area (Å²) in [4.78, 5) is 6.52. The van der Waals surface area contributed by atoms with Gasteiger partial charge in [-0.15, -0.1) is 24.0 Å². The fourth-order valence-electron chi connectivity index (χ4n) is 3.20. The van der Waals surface area contributed by atoms with E-state index in [2.05, 4.69) is 59.7 Å². The van der Waals surface area contributed by atoms with Crippen molar-refractivity contribution in [3.63, 3.8) is 0 Å². The predicted molar refractivity (Wildman–Crippen MR) is 133 cm³/mol. The van der Waals surface area contributed by atoms with Crippen LogP contribution in [0.3, 0.4) is 0 Å². The molecule has 0 radical (unpaired) electrons. The largest absolute Gasteiger partial charge is 0.488 e. The molecule has 1 aliphatic rings. The molecule has 1 aromatic rings. The van der Waals surface area contributed by atoms with Gasteiger partial charge in [0.2, 0.25) is 0 Å². The number of benzene rings is 1. The lowest BCUT2D eigenvalue weighted by Crippen LogP contribution is -2.42. The molecule has 2 N–H and O–H groups in total. The number of halogens is 1. The summed E-state index contributed by atoms with van der Waals surface area (Å²) >= 11 is 0. The van der Waals surface area contributed by atoms with Gasteiger partial charge in [0.1, 0.15) is 11.9 Å². The molecule has 1 aliphatic heterocycles. The quantitative estimate of drug-likeness (QED) is 0.259. The van der Waals surface area contributed by atoms with E-state index in [0.29, 0.717) is 19.8 Å². The second kappa shape index (κ2) is 14.8. The van der Waals surface area contributed by atoms with Crippen molar-refractivity contribution < 1.29 is 14.2 Å². The number of aliphatic imine (C=N–C) groups is 1. The molecule has 1 heterocycles. The number of rotatable bonds is 11. The molecule has 7 nitrogen and oxygen atoms in total. The van der Waals surface area contributed by atoms with Crippen LogP contribution in [0.2, 0.25) is 0 Å². The van der Waals surface area contributed by atoms with E-state index in [1.54, 1.807) is 7.05 Å². The van der Waals surface area contributed by atoms with Crippen molar-refractivity contribution in [1.82, 2.24) is 15.5 Å². The Bertz CT molecular complexity index is 637. The van der Waals surface area contributed by atoms with Gasteiger partial charge in [-0.25, -0.2) is 0 Å². The van der Waals surface area contributed by atoms with E-state index in [4.69, 9.17) is 14.2 Å². The maximum atomic E-state index is 6.19. The number of ether oxygens (including phenoxy) is 3. The first-order chi connectivity index (χ1) is 14.0. The minimum absolute atomic E-state index is 0. The van der Waals surface area contributed by atoms with Crippen molar-refractivity contribution in [2.75, 3.05) is 54.1 Å². The fourth-order valence-corrected chi connectivity index (χ4v) is 3.20. The van der Waals surface area contributed by atoms with Crippen LogP contribution in [0.5, 0.6) is 5.75 Å². The molecular weight excluding hydrogens is 495 g/mol. The molecule has 1 saturated heterocycles. The molecule has 2 atom stereocenters. The van der Waals surface area contributed by atoms with E-state index < -0.39 is 0 Å². The summed E-state index contributed by atoms with van der Waals surface area (Å²) in [7, 11) is 5.94. The van der Waals surface area contributed by atoms with Crippen LogP contribution in [-0.4, -0.2) is 77.1 Å². The van der Waals surface area contributed by atoms with Gasteiger partial charge in [0, 0.05) is 45.3 Å². The molecule has 1 aromatic carbocycles. The highest BCUT2D eigenvalue weighted by Gasteiger charge is 2.19. The summed E-state index contributed by atoms with van der Waals surface area (Å²) in [5.74, 6) is 1.68. The normalized spacial score (nSPS) is 17.5. The molecule has 0 saturated carbocycles. The number of nitrogens with zero attached hydrogens (tertiary/aromatic N) is 2. The Balaban J connectivity index is 0.00000450. The average Bonchev–Trinajstić information content (AvgIpc) is 3.20. The van der Waals surface area contributed by atoms with Crippen molar-refractivity contribution >= 4 is 29.9 Å². The highest BCUT2D eigenvalue weighted by atomic mass is 127. The van der Waals surface area contributed by atoms with Crippen LogP contribution in [0.25, 0.3) is 0 Å². The average molecular weight is 534 g/mol. The third kappa shape index (κ3) is 9.80. The van der Waals surface area contributed by atoms with Crippen LogP contribution < -0.4 is 15.4 Å². The van der Waals surface area contributed by atoms with E-state index in [1.807, 2.05) is 6.92 Å². The molecule has 172 valence electrons. The fraction of sp³-hybridized carbons (Fsp3) is 0.682. The first kappa shape index (κ1) is 26.9. The number of hydrogen-bond acceptors (Lipinski definition) is 5. The maximum Gasteiger partial charge on any atom is 0.191 e. The monoisotopic (exact) mass is 534 g/mol. The van der Waals surface area contributed by atoms with Gasteiger partial charge in [0.15, 0.2) is 5.96 Å². The Kier molecular flexibility index (Phi) is 13.3. The minimum atomic E-state index is 0. The second-order valence-electron chi connectivity index (χ2n) is 7.69. The van der Waals surface area contributed by atoms with E-state index in [9.17, 15) is 0 Å². The summed E-state index contributed by atoms with van der Waals surface area (Å²) in [6.07, 6.45) is 2.21. The Morgan fingerprint density at radius 3 is 2.77 bits per heavy atom. The molecule has 0 amide bonds. The lowest BCUT2D eigenvalue weighted by Gasteiger charge is -2.22. The zero-order valence-electron chi connectivity index (χ0n) is 19.1. The molecule has 1 fully saturated rings. The van der Waals surface area contributed by atoms with E-state index in [0.717, 1.165) is 49.8 Å². The van der Waals surface area contributed by atoms with Gasteiger partial charge in [-0.05, 0) is 46.0 Å². The van der Waals surface area contributed by atoms with Crippen LogP contribution in [-0.2, 0) is 16.0 Å². The highest BCUT2D eigenvalue weighted by Crippen LogP contribution is 2.23. The highest BCUT2D eigenvalue weighted by molar-refractivity contribution is 14.0. The van der Waals surface area contributed by atoms with Crippen molar-refractivity contribution in [2.45, 2.75) is 45.4 Å². The summed E-state index contributed by atoms with van der Waals surface area (Å²) in [6, 6.07) is 6.32. The van der Waals surface area contributed by atoms with Crippen molar-refractivity contribution in [3.8, 4) is 5.75 Å². The SMILES string of the molecule is CCOC(CCN(C)C)CNC(=NC)NCc1ccc(C)cc1OC1CCOC1.I. The minimum Gasteiger partial charge on any atom is -0.488 e. The third-order valence-corrected chi connectivity index (χ3v) is 4.87. The molecule has 30 heavy (non-hydrogen) atoms. The zero-order valence-corrected chi connectivity index (χ0v) is 21.4. The van der Waals surface area contributed by atoms with Crippen LogP contribution in [0.15, 0.2) is 23.2 Å². The summed E-state index contributed by atoms with van der Waals surface area (Å²) < 4.78 is 17.5. The zero-order chi connectivity index (χ0) is 21.1. The number of aryl methyl sites for hydroxylation is 1. The van der Waals surface area contributed by atoms with Crippen LogP contribution in [0, 0.1) is 6.92 Å². The van der Waals surface area contributed by atoms with Crippen LogP contribution in [0.4, 0.5) is 0 Å². The Morgan fingerprint density at radius 2 is 2.13 bits per heavy atom. The maximum absolute atomic E-state index is 6.19. The van der Waals surface area contributed by atoms with Gasteiger partial charge in [-0.2, -0.15) is 0 Å². The first-order valence-corrected chi connectivity index (χ1v) is 10.6. The summed E-state index contributed by atoms with van der Waals surface area (Å²) in [5.41, 5.74) is 2.30. The van der Waals surface area contributed by atoms with Crippen LogP contribution in [0.1, 0.15) is 30.9 Å². The van der Waals surface area contributed by atoms with E-state index in [-0.39, 0.29) is 36.2 Å². The van der Waals surface area contributed by atoms with Gasteiger partial charge in [0.25, 0.3) is 0 Å². The van der Waals surface area contributed by atoms with Crippen molar-refractivity contribution in [1.29, 1.82) is 0 Å². The third-order valence-electron chi connectivity index (χ3n) is 4.87. The first-order valence-electron chi connectivity index (χ1n) is 10.6. The number of nitrogens with one attached hydrogen (secondary N) is 2. The summed E-state index contributed by atoms with van der Waals surface area (Å²) in [5, 5.41) is 6.78.